The van der Waals surface area contributed by atoms with Gasteiger partial charge in [0.2, 0.25) is 0 Å². The van der Waals surface area contributed by atoms with E-state index in [9.17, 15) is 19.2 Å². The van der Waals surface area contributed by atoms with Crippen molar-refractivity contribution in [3.05, 3.63) is 62.5 Å². The number of halogens is 2. The van der Waals surface area contributed by atoms with Gasteiger partial charge in [-0.2, -0.15) is 0 Å². The Morgan fingerprint density at radius 3 is 2.31 bits per heavy atom. The van der Waals surface area contributed by atoms with E-state index >= 15 is 0 Å². The Bertz CT molecular complexity index is 1030. The molecule has 148 valence electrons. The minimum absolute atomic E-state index is 0.230. The zero-order valence-electron chi connectivity index (χ0n) is 14.5. The Morgan fingerprint density at radius 1 is 1.10 bits per heavy atom. The van der Waals surface area contributed by atoms with E-state index in [4.69, 9.17) is 9.84 Å². The molecule has 10 heteroatoms. The summed E-state index contributed by atoms with van der Waals surface area (Å²) in [6.07, 6.45) is 1.33. The number of urea groups is 1. The zero-order valence-corrected chi connectivity index (χ0v) is 17.7. The first kappa shape index (κ1) is 20.7. The van der Waals surface area contributed by atoms with Crippen LogP contribution in [-0.2, 0) is 14.4 Å². The van der Waals surface area contributed by atoms with E-state index in [1.54, 1.807) is 42.5 Å². The number of ether oxygens (including phenoxy) is 1. The van der Waals surface area contributed by atoms with Crippen LogP contribution in [0.3, 0.4) is 0 Å². The summed E-state index contributed by atoms with van der Waals surface area (Å²) < 4.78 is 6.02. The second-order valence-corrected chi connectivity index (χ2v) is 7.50. The molecule has 0 saturated carbocycles. The Kier molecular flexibility index (Phi) is 6.14. The number of hydrogen-bond donors (Lipinski definition) is 2. The van der Waals surface area contributed by atoms with Crippen molar-refractivity contribution < 1.29 is 29.0 Å². The molecule has 2 aromatic rings. The third kappa shape index (κ3) is 4.54. The van der Waals surface area contributed by atoms with Crippen LogP contribution in [0.15, 0.2) is 57.0 Å². The molecule has 0 atom stereocenters. The van der Waals surface area contributed by atoms with Gasteiger partial charge >= 0.3 is 12.0 Å². The van der Waals surface area contributed by atoms with E-state index in [-0.39, 0.29) is 11.3 Å². The topological polar surface area (TPSA) is 113 Å². The number of nitrogens with one attached hydrogen (secondary N) is 1. The number of para-hydroxylation sites is 1. The number of carbonyl (C=O) groups is 4. The highest BCUT2D eigenvalue weighted by atomic mass is 79.9. The molecule has 0 aromatic heterocycles. The largest absolute Gasteiger partial charge is 0.480 e. The Morgan fingerprint density at radius 2 is 1.72 bits per heavy atom. The average Bonchev–Trinajstić information content (AvgIpc) is 2.65. The fraction of sp³-hybridized carbons (Fsp3) is 0.0526. The van der Waals surface area contributed by atoms with Gasteiger partial charge in [-0.3, -0.25) is 14.9 Å². The molecule has 0 radical (unpaired) electrons. The number of aliphatic carboxylic acids is 1. The number of carbonyl (C=O) groups excluding carboxylic acids is 3. The molecular weight excluding hydrogens is 512 g/mol. The lowest BCUT2D eigenvalue weighted by Crippen LogP contribution is -2.54. The van der Waals surface area contributed by atoms with Crippen LogP contribution < -0.4 is 15.0 Å². The van der Waals surface area contributed by atoms with Gasteiger partial charge in [0.25, 0.3) is 11.8 Å². The summed E-state index contributed by atoms with van der Waals surface area (Å²) in [7, 11) is 0. The summed E-state index contributed by atoms with van der Waals surface area (Å²) >= 11 is 6.55. The van der Waals surface area contributed by atoms with Gasteiger partial charge < -0.3 is 9.84 Å². The van der Waals surface area contributed by atoms with Crippen LogP contribution >= 0.6 is 31.9 Å². The van der Waals surface area contributed by atoms with Crippen molar-refractivity contribution in [2.75, 3.05) is 11.5 Å². The number of barbiturate groups is 1. The molecule has 0 bridgehead atoms. The molecule has 2 aromatic carbocycles. The van der Waals surface area contributed by atoms with Crippen LogP contribution in [0.1, 0.15) is 5.56 Å². The second-order valence-electron chi connectivity index (χ2n) is 5.79. The van der Waals surface area contributed by atoms with Gasteiger partial charge in [0.05, 0.1) is 14.6 Å². The SMILES string of the molecule is O=C(O)COc1c(Br)cc(/C=C2/C(=O)NC(=O)N(c3ccccc3)C2=O)cc1Br. The van der Waals surface area contributed by atoms with Crippen molar-refractivity contribution in [3.63, 3.8) is 0 Å². The number of benzene rings is 2. The molecule has 1 aliphatic heterocycles. The smallest absolute Gasteiger partial charge is 0.341 e. The number of carboxylic acids is 1. The third-order valence-electron chi connectivity index (χ3n) is 3.79. The van der Waals surface area contributed by atoms with Gasteiger partial charge in [0.15, 0.2) is 6.61 Å². The lowest BCUT2D eigenvalue weighted by molar-refractivity contribution is -0.139. The zero-order chi connectivity index (χ0) is 21.1. The van der Waals surface area contributed by atoms with Crippen LogP contribution in [0.25, 0.3) is 6.08 Å². The second kappa shape index (κ2) is 8.58. The van der Waals surface area contributed by atoms with Crippen LogP contribution in [0.2, 0.25) is 0 Å². The minimum atomic E-state index is -1.13. The first-order valence-electron chi connectivity index (χ1n) is 8.08. The molecule has 8 nitrogen and oxygen atoms in total. The number of nitrogens with zero attached hydrogens (tertiary/aromatic N) is 1. The highest BCUT2D eigenvalue weighted by Crippen LogP contribution is 2.35. The summed E-state index contributed by atoms with van der Waals surface area (Å²) in [5.74, 6) is -2.45. The first-order valence-corrected chi connectivity index (χ1v) is 9.66. The van der Waals surface area contributed by atoms with Gasteiger partial charge in [-0.25, -0.2) is 14.5 Å². The number of imide groups is 2. The fourth-order valence-electron chi connectivity index (χ4n) is 2.57. The molecule has 29 heavy (non-hydrogen) atoms. The van der Waals surface area contributed by atoms with Crippen LogP contribution in [0.5, 0.6) is 5.75 Å². The Hall–Kier alpha value is -2.98. The van der Waals surface area contributed by atoms with Gasteiger partial charge in [-0.15, -0.1) is 0 Å². The van der Waals surface area contributed by atoms with Gasteiger partial charge in [-0.05, 0) is 67.8 Å². The monoisotopic (exact) mass is 522 g/mol. The maximum Gasteiger partial charge on any atom is 0.341 e. The Labute approximate surface area is 181 Å². The normalized spacial score (nSPS) is 15.4. The third-order valence-corrected chi connectivity index (χ3v) is 4.97. The van der Waals surface area contributed by atoms with Crippen molar-refractivity contribution in [2.24, 2.45) is 0 Å². The number of carboxylic acid groups (broad SMARTS) is 1. The van der Waals surface area contributed by atoms with E-state index in [2.05, 4.69) is 37.2 Å². The van der Waals surface area contributed by atoms with E-state index in [1.807, 2.05) is 0 Å². The van der Waals surface area contributed by atoms with Crippen molar-refractivity contribution in [3.8, 4) is 5.75 Å². The maximum atomic E-state index is 12.8. The average molecular weight is 524 g/mol. The molecule has 1 aliphatic rings. The molecule has 0 unspecified atom stereocenters. The lowest BCUT2D eigenvalue weighted by Gasteiger charge is -2.26. The van der Waals surface area contributed by atoms with Crippen LogP contribution in [0.4, 0.5) is 10.5 Å². The van der Waals surface area contributed by atoms with E-state index in [0.29, 0.717) is 20.2 Å². The van der Waals surface area contributed by atoms with E-state index in [0.717, 1.165) is 4.90 Å². The summed E-state index contributed by atoms with van der Waals surface area (Å²) in [5, 5.41) is 10.9. The molecule has 0 spiro atoms. The van der Waals surface area contributed by atoms with Crippen LogP contribution in [0, 0.1) is 0 Å². The molecule has 1 fully saturated rings. The molecule has 1 heterocycles. The molecule has 4 amide bonds. The standard InChI is InChI=1S/C19H12Br2N2O6/c20-13-7-10(8-14(21)16(13)29-9-15(24)25)6-12-17(26)22-19(28)23(18(12)27)11-4-2-1-3-5-11/h1-8H,9H2,(H,24,25)(H,22,26,28)/b12-6-. The predicted molar refractivity (Wildman–Crippen MR) is 110 cm³/mol. The van der Waals surface area contributed by atoms with Crippen molar-refractivity contribution in [1.82, 2.24) is 5.32 Å². The number of rotatable bonds is 5. The summed E-state index contributed by atoms with van der Waals surface area (Å²) in [6, 6.07) is 10.5. The predicted octanol–water partition coefficient (Wildman–Crippen LogP) is 3.34. The highest BCUT2D eigenvalue weighted by molar-refractivity contribution is 9.11. The summed E-state index contributed by atoms with van der Waals surface area (Å²) in [4.78, 5) is 48.8. The summed E-state index contributed by atoms with van der Waals surface area (Å²) in [5.41, 5.74) is 0.548. The quantitative estimate of drug-likeness (QED) is 0.459. The van der Waals surface area contributed by atoms with Crippen molar-refractivity contribution in [1.29, 1.82) is 0 Å². The van der Waals surface area contributed by atoms with Crippen LogP contribution in [-0.4, -0.2) is 35.5 Å². The molecule has 3 rings (SSSR count). The molecule has 2 N–H and O–H groups in total. The molecule has 0 aliphatic carbocycles. The first-order chi connectivity index (χ1) is 13.8. The van der Waals surface area contributed by atoms with E-state index < -0.39 is 30.4 Å². The highest BCUT2D eigenvalue weighted by Gasteiger charge is 2.36. The maximum absolute atomic E-state index is 12.8. The molecular formula is C19H12Br2N2O6. The number of hydrogen-bond acceptors (Lipinski definition) is 5. The summed E-state index contributed by atoms with van der Waals surface area (Å²) in [6.45, 7) is -0.535. The lowest BCUT2D eigenvalue weighted by atomic mass is 10.1. The number of anilines is 1. The van der Waals surface area contributed by atoms with Crippen molar-refractivity contribution in [2.45, 2.75) is 0 Å². The number of amides is 4. The van der Waals surface area contributed by atoms with Gasteiger partial charge in [0, 0.05) is 0 Å². The minimum Gasteiger partial charge on any atom is -0.480 e. The van der Waals surface area contributed by atoms with Gasteiger partial charge in [-0.1, -0.05) is 18.2 Å². The van der Waals surface area contributed by atoms with Gasteiger partial charge in [0.1, 0.15) is 11.3 Å². The van der Waals surface area contributed by atoms with E-state index in [1.165, 1.54) is 6.08 Å². The fourth-order valence-corrected chi connectivity index (χ4v) is 4.02. The molecule has 1 saturated heterocycles. The Balaban J connectivity index is 1.96. The van der Waals surface area contributed by atoms with Crippen molar-refractivity contribution >= 4 is 67.4 Å².